The molecule has 1 fully saturated rings. The minimum absolute atomic E-state index is 0.0113. The lowest BCUT2D eigenvalue weighted by atomic mass is 10.0. The molecule has 0 aromatic heterocycles. The lowest BCUT2D eigenvalue weighted by Crippen LogP contribution is -2.35. The number of hydrogen-bond acceptors (Lipinski definition) is 5. The molecule has 2 unspecified atom stereocenters. The number of rotatable bonds is 11. The second-order valence-electron chi connectivity index (χ2n) is 6.27. The van der Waals surface area contributed by atoms with Crippen LogP contribution >= 0.6 is 11.8 Å². The van der Waals surface area contributed by atoms with Crippen molar-refractivity contribution in [2.45, 2.75) is 30.9 Å². The number of aliphatic hydroxyl groups excluding tert-OH is 1. The van der Waals surface area contributed by atoms with Crippen LogP contribution in [0.2, 0.25) is 0 Å². The summed E-state index contributed by atoms with van der Waals surface area (Å²) in [5.41, 5.74) is -0.282. The van der Waals surface area contributed by atoms with Gasteiger partial charge in [0.2, 0.25) is 0 Å². The standard InChI is InChI=1S/C19H23F2NO5S/c20-19(21,14-5-2-1-3-6-14)16(23)9-8-15-13-28-18(26)22(15)10-12-27-11-4-7-17(24)25/h1-3,5-6,8-9,15-16,23H,4,7,10-13H2,(H,24,25)/b9-8+. The summed E-state index contributed by atoms with van der Waals surface area (Å²) in [4.78, 5) is 23.9. The fraction of sp³-hybridized carbons (Fsp3) is 0.474. The van der Waals surface area contributed by atoms with Gasteiger partial charge in [0.05, 0.1) is 12.6 Å². The first-order chi connectivity index (χ1) is 13.3. The van der Waals surface area contributed by atoms with E-state index in [1.807, 2.05) is 0 Å². The molecule has 9 heteroatoms. The number of carbonyl (C=O) groups excluding carboxylic acids is 1. The average molecular weight is 415 g/mol. The number of amides is 1. The molecule has 0 bridgehead atoms. The number of aliphatic hydroxyl groups is 1. The maximum absolute atomic E-state index is 14.3. The van der Waals surface area contributed by atoms with Crippen LogP contribution in [0.15, 0.2) is 42.5 Å². The van der Waals surface area contributed by atoms with Crippen LogP contribution in [-0.2, 0) is 15.5 Å². The van der Waals surface area contributed by atoms with Gasteiger partial charge in [-0.2, -0.15) is 8.78 Å². The van der Waals surface area contributed by atoms with Crippen LogP contribution in [0.1, 0.15) is 18.4 Å². The monoisotopic (exact) mass is 415 g/mol. The van der Waals surface area contributed by atoms with Crippen LogP contribution in [0, 0.1) is 0 Å². The van der Waals surface area contributed by atoms with Crippen LogP contribution in [-0.4, -0.2) is 64.0 Å². The van der Waals surface area contributed by atoms with Crippen molar-refractivity contribution in [2.75, 3.05) is 25.5 Å². The predicted molar refractivity (Wildman–Crippen MR) is 102 cm³/mol. The Morgan fingerprint density at radius 1 is 1.36 bits per heavy atom. The topological polar surface area (TPSA) is 87.1 Å². The Bertz CT molecular complexity index is 686. The van der Waals surface area contributed by atoms with Gasteiger partial charge in [0.15, 0.2) is 0 Å². The number of carboxylic acid groups (broad SMARTS) is 1. The molecular weight excluding hydrogens is 392 g/mol. The van der Waals surface area contributed by atoms with E-state index in [2.05, 4.69) is 0 Å². The summed E-state index contributed by atoms with van der Waals surface area (Å²) in [6.07, 6.45) is 0.825. The lowest BCUT2D eigenvalue weighted by Gasteiger charge is -2.23. The van der Waals surface area contributed by atoms with E-state index in [-0.39, 0.29) is 37.0 Å². The van der Waals surface area contributed by atoms with Gasteiger partial charge < -0.3 is 19.8 Å². The summed E-state index contributed by atoms with van der Waals surface area (Å²) < 4.78 is 34.0. The second kappa shape index (κ2) is 10.5. The average Bonchev–Trinajstić information content (AvgIpc) is 3.02. The van der Waals surface area contributed by atoms with E-state index in [4.69, 9.17) is 9.84 Å². The molecule has 1 aromatic carbocycles. The number of ether oxygens (including phenoxy) is 1. The van der Waals surface area contributed by atoms with E-state index in [9.17, 15) is 23.5 Å². The maximum Gasteiger partial charge on any atom is 0.303 e. The fourth-order valence-corrected chi connectivity index (χ4v) is 3.65. The molecule has 6 nitrogen and oxygen atoms in total. The van der Waals surface area contributed by atoms with Gasteiger partial charge in [-0.3, -0.25) is 9.59 Å². The highest BCUT2D eigenvalue weighted by Gasteiger charge is 2.39. The largest absolute Gasteiger partial charge is 0.481 e. The number of carbonyl (C=O) groups is 2. The molecule has 0 aliphatic carbocycles. The third-order valence-corrected chi connectivity index (χ3v) is 5.20. The van der Waals surface area contributed by atoms with Crippen molar-refractivity contribution in [1.82, 2.24) is 4.90 Å². The SMILES string of the molecule is O=C(O)CCCOCCN1C(=O)SCC1/C=C/C(O)C(F)(F)c1ccccc1. The third kappa shape index (κ3) is 6.29. The highest BCUT2D eigenvalue weighted by molar-refractivity contribution is 8.13. The number of hydrogen-bond donors (Lipinski definition) is 2. The first-order valence-electron chi connectivity index (χ1n) is 8.85. The summed E-state index contributed by atoms with van der Waals surface area (Å²) in [5.74, 6) is -3.94. The van der Waals surface area contributed by atoms with Crippen molar-refractivity contribution in [2.24, 2.45) is 0 Å². The van der Waals surface area contributed by atoms with Gasteiger partial charge in [-0.1, -0.05) is 54.2 Å². The van der Waals surface area contributed by atoms with Gasteiger partial charge in [-0.25, -0.2) is 0 Å². The number of alkyl halides is 2. The van der Waals surface area contributed by atoms with Crippen molar-refractivity contribution in [3.05, 3.63) is 48.0 Å². The summed E-state index contributed by atoms with van der Waals surface area (Å²) in [6, 6.07) is 6.65. The van der Waals surface area contributed by atoms with Gasteiger partial charge in [-0.05, 0) is 6.42 Å². The molecule has 1 amide bonds. The molecule has 1 aliphatic heterocycles. The molecule has 2 rings (SSSR count). The Labute approximate surface area is 166 Å². The van der Waals surface area contributed by atoms with Gasteiger partial charge in [0.25, 0.3) is 5.24 Å². The van der Waals surface area contributed by atoms with Crippen molar-refractivity contribution in [3.63, 3.8) is 0 Å². The molecule has 2 atom stereocenters. The second-order valence-corrected chi connectivity index (χ2v) is 7.24. The van der Waals surface area contributed by atoms with Crippen molar-refractivity contribution < 1.29 is 33.3 Å². The van der Waals surface area contributed by atoms with Gasteiger partial charge in [0.1, 0.15) is 6.10 Å². The minimum Gasteiger partial charge on any atom is -0.481 e. The summed E-state index contributed by atoms with van der Waals surface area (Å²) >= 11 is 1.07. The number of benzene rings is 1. The zero-order valence-corrected chi connectivity index (χ0v) is 16.0. The zero-order chi connectivity index (χ0) is 20.6. The number of halogens is 2. The predicted octanol–water partition coefficient (Wildman–Crippen LogP) is 3.11. The molecule has 1 heterocycles. The Morgan fingerprint density at radius 2 is 2.07 bits per heavy atom. The van der Waals surface area contributed by atoms with Gasteiger partial charge in [0, 0.05) is 30.9 Å². The Hall–Kier alpha value is -1.97. The molecule has 2 N–H and O–H groups in total. The van der Waals surface area contributed by atoms with Crippen LogP contribution in [0.25, 0.3) is 0 Å². The van der Waals surface area contributed by atoms with E-state index in [1.54, 1.807) is 6.07 Å². The Kier molecular flexibility index (Phi) is 8.40. The summed E-state index contributed by atoms with van der Waals surface area (Å²) in [7, 11) is 0. The number of thioether (sulfide) groups is 1. The van der Waals surface area contributed by atoms with Crippen molar-refractivity contribution in [1.29, 1.82) is 0 Å². The van der Waals surface area contributed by atoms with Crippen LogP contribution in [0.3, 0.4) is 0 Å². The van der Waals surface area contributed by atoms with Crippen LogP contribution in [0.5, 0.6) is 0 Å². The van der Waals surface area contributed by atoms with E-state index in [1.165, 1.54) is 35.2 Å². The third-order valence-electron chi connectivity index (χ3n) is 4.21. The fourth-order valence-electron chi connectivity index (χ4n) is 2.66. The molecule has 1 aliphatic rings. The highest BCUT2D eigenvalue weighted by atomic mass is 32.2. The highest BCUT2D eigenvalue weighted by Crippen LogP contribution is 2.33. The Balaban J connectivity index is 1.87. The van der Waals surface area contributed by atoms with E-state index in [0.29, 0.717) is 12.2 Å². The van der Waals surface area contributed by atoms with Crippen molar-refractivity contribution in [3.8, 4) is 0 Å². The summed E-state index contributed by atoms with van der Waals surface area (Å²) in [6.45, 7) is 0.752. The molecule has 1 aromatic rings. The first-order valence-corrected chi connectivity index (χ1v) is 9.83. The minimum atomic E-state index is -3.44. The number of aliphatic carboxylic acids is 1. The summed E-state index contributed by atoms with van der Waals surface area (Å²) in [5, 5.41) is 18.3. The van der Waals surface area contributed by atoms with Crippen LogP contribution in [0.4, 0.5) is 13.6 Å². The molecule has 0 radical (unpaired) electrons. The molecule has 1 saturated heterocycles. The van der Waals surface area contributed by atoms with Gasteiger partial charge in [-0.15, -0.1) is 0 Å². The van der Waals surface area contributed by atoms with E-state index < -0.39 is 24.0 Å². The molecule has 0 saturated carbocycles. The van der Waals surface area contributed by atoms with Crippen molar-refractivity contribution >= 4 is 23.0 Å². The van der Waals surface area contributed by atoms with Crippen LogP contribution < -0.4 is 0 Å². The number of carboxylic acids is 1. The van der Waals surface area contributed by atoms with E-state index >= 15 is 0 Å². The normalized spacial score (nSPS) is 18.8. The molecule has 0 spiro atoms. The first kappa shape index (κ1) is 22.3. The zero-order valence-electron chi connectivity index (χ0n) is 15.2. The van der Waals surface area contributed by atoms with Gasteiger partial charge >= 0.3 is 11.9 Å². The maximum atomic E-state index is 14.3. The smallest absolute Gasteiger partial charge is 0.303 e. The lowest BCUT2D eigenvalue weighted by molar-refractivity contribution is -0.137. The molecular formula is C19H23F2NO5S. The number of nitrogens with zero attached hydrogens (tertiary/aromatic N) is 1. The Morgan fingerprint density at radius 3 is 2.75 bits per heavy atom. The van der Waals surface area contributed by atoms with E-state index in [0.717, 1.165) is 17.8 Å². The molecule has 154 valence electrons. The molecule has 28 heavy (non-hydrogen) atoms. The quantitative estimate of drug-likeness (QED) is 0.427.